The molecule has 5 nitrogen and oxygen atoms in total. The van der Waals surface area contributed by atoms with Crippen molar-refractivity contribution >= 4 is 10.0 Å². The number of morpholine rings is 1. The standard InChI is InChI=1S/C15H23NO4S/c1-10-8-14(19-5)15(9-11(10)2)21(17,18)16-6-7-20-13(4)12(16)3/h8-9,12-13H,6-7H2,1-5H3. The second-order valence-electron chi connectivity index (χ2n) is 5.52. The van der Waals surface area contributed by atoms with Gasteiger partial charge in [0.2, 0.25) is 10.0 Å². The first-order chi connectivity index (χ1) is 9.78. The van der Waals surface area contributed by atoms with E-state index in [1.807, 2.05) is 27.7 Å². The van der Waals surface area contributed by atoms with Crippen LogP contribution in [0.25, 0.3) is 0 Å². The molecule has 0 saturated carbocycles. The highest BCUT2D eigenvalue weighted by Gasteiger charge is 2.36. The second-order valence-corrected chi connectivity index (χ2v) is 7.38. The molecule has 0 aromatic heterocycles. The summed E-state index contributed by atoms with van der Waals surface area (Å²) < 4.78 is 38.3. The molecule has 1 aromatic carbocycles. The molecule has 1 aliphatic rings. The van der Waals surface area contributed by atoms with E-state index >= 15 is 0 Å². The van der Waals surface area contributed by atoms with Gasteiger partial charge in [0.25, 0.3) is 0 Å². The molecular formula is C15H23NO4S. The van der Waals surface area contributed by atoms with E-state index in [1.165, 1.54) is 11.4 Å². The van der Waals surface area contributed by atoms with Crippen molar-refractivity contribution in [2.24, 2.45) is 0 Å². The predicted molar refractivity (Wildman–Crippen MR) is 81.2 cm³/mol. The summed E-state index contributed by atoms with van der Waals surface area (Å²) in [5.74, 6) is 0.393. The van der Waals surface area contributed by atoms with E-state index in [0.29, 0.717) is 18.9 Å². The third kappa shape index (κ3) is 2.93. The first kappa shape index (κ1) is 16.3. The molecule has 2 rings (SSSR count). The molecule has 2 atom stereocenters. The lowest BCUT2D eigenvalue weighted by molar-refractivity contribution is -0.0232. The molecule has 1 fully saturated rings. The summed E-state index contributed by atoms with van der Waals surface area (Å²) in [6.45, 7) is 8.38. The van der Waals surface area contributed by atoms with Crippen molar-refractivity contribution in [1.82, 2.24) is 4.31 Å². The lowest BCUT2D eigenvalue weighted by Crippen LogP contribution is -2.51. The molecular weight excluding hydrogens is 290 g/mol. The summed E-state index contributed by atoms with van der Waals surface area (Å²) in [6, 6.07) is 3.27. The highest BCUT2D eigenvalue weighted by atomic mass is 32.2. The van der Waals surface area contributed by atoms with Crippen LogP contribution in [0.1, 0.15) is 25.0 Å². The zero-order valence-electron chi connectivity index (χ0n) is 13.2. The Bertz CT molecular complexity index is 627. The summed E-state index contributed by atoms with van der Waals surface area (Å²) >= 11 is 0. The monoisotopic (exact) mass is 313 g/mol. The molecule has 6 heteroatoms. The van der Waals surface area contributed by atoms with Gasteiger partial charge in [-0.2, -0.15) is 4.31 Å². The Kier molecular flexibility index (Phi) is 4.60. The zero-order chi connectivity index (χ0) is 15.8. The summed E-state index contributed by atoms with van der Waals surface area (Å²) in [6.07, 6.45) is -0.119. The van der Waals surface area contributed by atoms with Crippen LogP contribution in [-0.2, 0) is 14.8 Å². The lowest BCUT2D eigenvalue weighted by Gasteiger charge is -2.37. The smallest absolute Gasteiger partial charge is 0.247 e. The molecule has 1 aromatic rings. The second kappa shape index (κ2) is 5.94. The van der Waals surface area contributed by atoms with Crippen molar-refractivity contribution in [1.29, 1.82) is 0 Å². The number of rotatable bonds is 3. The van der Waals surface area contributed by atoms with Gasteiger partial charge in [-0.15, -0.1) is 0 Å². The number of aryl methyl sites for hydroxylation is 2. The Morgan fingerprint density at radius 1 is 1.24 bits per heavy atom. The van der Waals surface area contributed by atoms with E-state index < -0.39 is 10.0 Å². The van der Waals surface area contributed by atoms with Gasteiger partial charge in [0, 0.05) is 12.6 Å². The maximum Gasteiger partial charge on any atom is 0.247 e. The third-order valence-corrected chi connectivity index (χ3v) is 6.20. The molecule has 1 aliphatic heterocycles. The normalized spacial score (nSPS) is 24.0. The SMILES string of the molecule is COc1cc(C)c(C)cc1S(=O)(=O)N1CCOC(C)C1C. The fourth-order valence-electron chi connectivity index (χ4n) is 2.50. The first-order valence-electron chi connectivity index (χ1n) is 7.07. The fraction of sp³-hybridized carbons (Fsp3) is 0.600. The van der Waals surface area contributed by atoms with Crippen LogP contribution in [-0.4, -0.2) is 45.1 Å². The molecule has 0 spiro atoms. The summed E-state index contributed by atoms with van der Waals surface area (Å²) in [4.78, 5) is 0.231. The molecule has 118 valence electrons. The average Bonchev–Trinajstić information content (AvgIpc) is 2.44. The van der Waals surface area contributed by atoms with Crippen LogP contribution < -0.4 is 4.74 Å². The highest BCUT2D eigenvalue weighted by molar-refractivity contribution is 7.89. The van der Waals surface area contributed by atoms with Gasteiger partial charge in [-0.05, 0) is 51.0 Å². The number of ether oxygens (including phenoxy) is 2. The van der Waals surface area contributed by atoms with E-state index in [4.69, 9.17) is 9.47 Å². The van der Waals surface area contributed by atoms with E-state index in [0.717, 1.165) is 11.1 Å². The molecule has 0 bridgehead atoms. The Morgan fingerprint density at radius 2 is 1.86 bits per heavy atom. The largest absolute Gasteiger partial charge is 0.495 e. The molecule has 0 N–H and O–H groups in total. The molecule has 0 amide bonds. The van der Waals surface area contributed by atoms with Crippen LogP contribution in [0.4, 0.5) is 0 Å². The minimum atomic E-state index is -3.60. The van der Waals surface area contributed by atoms with Crippen molar-refractivity contribution in [3.63, 3.8) is 0 Å². The number of sulfonamides is 1. The van der Waals surface area contributed by atoms with Gasteiger partial charge < -0.3 is 9.47 Å². The number of hydrogen-bond acceptors (Lipinski definition) is 4. The van der Waals surface area contributed by atoms with Crippen molar-refractivity contribution in [3.05, 3.63) is 23.3 Å². The van der Waals surface area contributed by atoms with Crippen LogP contribution in [0.15, 0.2) is 17.0 Å². The van der Waals surface area contributed by atoms with Gasteiger partial charge in [-0.1, -0.05) is 0 Å². The maximum absolute atomic E-state index is 13.0. The van der Waals surface area contributed by atoms with Gasteiger partial charge in [-0.25, -0.2) is 8.42 Å². The Morgan fingerprint density at radius 3 is 2.48 bits per heavy atom. The maximum atomic E-state index is 13.0. The van der Waals surface area contributed by atoms with Crippen LogP contribution in [0.2, 0.25) is 0 Å². The molecule has 1 heterocycles. The minimum Gasteiger partial charge on any atom is -0.495 e. The van der Waals surface area contributed by atoms with Crippen LogP contribution in [0, 0.1) is 13.8 Å². The number of hydrogen-bond donors (Lipinski definition) is 0. The van der Waals surface area contributed by atoms with Gasteiger partial charge >= 0.3 is 0 Å². The predicted octanol–water partition coefficient (Wildman–Crippen LogP) is 2.11. The van der Waals surface area contributed by atoms with Gasteiger partial charge in [0.05, 0.1) is 19.8 Å². The van der Waals surface area contributed by atoms with Gasteiger partial charge in [0.1, 0.15) is 10.6 Å². The topological polar surface area (TPSA) is 55.8 Å². The van der Waals surface area contributed by atoms with E-state index in [-0.39, 0.29) is 17.0 Å². The number of nitrogens with zero attached hydrogens (tertiary/aromatic N) is 1. The van der Waals surface area contributed by atoms with Crippen LogP contribution in [0.5, 0.6) is 5.75 Å². The summed E-state index contributed by atoms with van der Waals surface area (Å²) in [5.41, 5.74) is 1.94. The van der Waals surface area contributed by atoms with Gasteiger partial charge in [-0.3, -0.25) is 0 Å². The molecule has 21 heavy (non-hydrogen) atoms. The van der Waals surface area contributed by atoms with Crippen LogP contribution >= 0.6 is 0 Å². The number of benzene rings is 1. The summed E-state index contributed by atoms with van der Waals surface area (Å²) in [5, 5.41) is 0. The molecule has 0 radical (unpaired) electrons. The average molecular weight is 313 g/mol. The molecule has 2 unspecified atom stereocenters. The number of methoxy groups -OCH3 is 1. The lowest BCUT2D eigenvalue weighted by atomic mass is 10.1. The van der Waals surface area contributed by atoms with Crippen molar-refractivity contribution in [2.75, 3.05) is 20.3 Å². The Hall–Kier alpha value is -1.11. The first-order valence-corrected chi connectivity index (χ1v) is 8.51. The van der Waals surface area contributed by atoms with Crippen LogP contribution in [0.3, 0.4) is 0 Å². The minimum absolute atomic E-state index is 0.119. The van der Waals surface area contributed by atoms with Crippen molar-refractivity contribution < 1.29 is 17.9 Å². The molecule has 1 saturated heterocycles. The summed E-state index contributed by atoms with van der Waals surface area (Å²) in [7, 11) is -2.10. The van der Waals surface area contributed by atoms with Crippen molar-refractivity contribution in [2.45, 2.75) is 44.7 Å². The van der Waals surface area contributed by atoms with Crippen molar-refractivity contribution in [3.8, 4) is 5.75 Å². The zero-order valence-corrected chi connectivity index (χ0v) is 14.0. The fourth-order valence-corrected chi connectivity index (χ4v) is 4.39. The highest BCUT2D eigenvalue weighted by Crippen LogP contribution is 2.32. The van der Waals surface area contributed by atoms with E-state index in [2.05, 4.69) is 0 Å². The van der Waals surface area contributed by atoms with E-state index in [1.54, 1.807) is 12.1 Å². The molecule has 0 aliphatic carbocycles. The third-order valence-electron chi connectivity index (χ3n) is 4.19. The Balaban J connectivity index is 2.51. The van der Waals surface area contributed by atoms with Gasteiger partial charge in [0.15, 0.2) is 0 Å². The quantitative estimate of drug-likeness (QED) is 0.857. The van der Waals surface area contributed by atoms with E-state index in [9.17, 15) is 8.42 Å². The Labute approximate surface area is 126 Å².